The quantitative estimate of drug-likeness (QED) is 0.831. The lowest BCUT2D eigenvalue weighted by atomic mass is 10.1. The van der Waals surface area contributed by atoms with Crippen LogP contribution in [-0.2, 0) is 6.54 Å². The fourth-order valence-corrected chi connectivity index (χ4v) is 2.89. The van der Waals surface area contributed by atoms with Gasteiger partial charge < -0.3 is 10.2 Å². The zero-order valence-corrected chi connectivity index (χ0v) is 13.2. The van der Waals surface area contributed by atoms with Gasteiger partial charge in [-0.3, -0.25) is 0 Å². The Hall–Kier alpha value is -0.820. The zero-order chi connectivity index (χ0) is 15.3. The average Bonchev–Trinajstić information content (AvgIpc) is 2.76. The Morgan fingerprint density at radius 1 is 1.35 bits per heavy atom. The Bertz CT molecular complexity index is 415. The van der Waals surface area contributed by atoms with E-state index in [2.05, 4.69) is 10.3 Å². The Morgan fingerprint density at radius 3 is 2.50 bits per heavy atom. The van der Waals surface area contributed by atoms with Gasteiger partial charge in [-0.15, -0.1) is 11.3 Å². The molecule has 1 aromatic heterocycles. The van der Waals surface area contributed by atoms with Crippen molar-refractivity contribution in [1.29, 1.82) is 0 Å². The monoisotopic (exact) mass is 309 g/mol. The number of alkyl halides is 3. The Morgan fingerprint density at radius 2 is 2.00 bits per heavy atom. The first-order valence-corrected chi connectivity index (χ1v) is 7.54. The normalized spacial score (nSPS) is 12.2. The molecule has 0 atom stereocenters. The van der Waals surface area contributed by atoms with Crippen molar-refractivity contribution in [3.63, 3.8) is 0 Å². The molecule has 0 aliphatic carbocycles. The molecule has 20 heavy (non-hydrogen) atoms. The number of thiazole rings is 1. The molecule has 116 valence electrons. The van der Waals surface area contributed by atoms with Crippen molar-refractivity contribution in [1.82, 2.24) is 10.3 Å². The third kappa shape index (κ3) is 5.28. The molecule has 0 bridgehead atoms. The van der Waals surface area contributed by atoms with Crippen LogP contribution in [0, 0.1) is 0 Å². The van der Waals surface area contributed by atoms with E-state index in [1.165, 1.54) is 11.3 Å². The number of nitrogens with zero attached hydrogens (tertiary/aromatic N) is 2. The van der Waals surface area contributed by atoms with Crippen molar-refractivity contribution < 1.29 is 13.2 Å². The highest BCUT2D eigenvalue weighted by Gasteiger charge is 2.28. The van der Waals surface area contributed by atoms with Crippen LogP contribution in [0.25, 0.3) is 0 Å². The maximum atomic E-state index is 12.3. The molecule has 0 saturated carbocycles. The van der Waals surface area contributed by atoms with Gasteiger partial charge in [0.25, 0.3) is 0 Å². The van der Waals surface area contributed by atoms with E-state index in [9.17, 15) is 13.2 Å². The second kappa shape index (κ2) is 7.26. The molecule has 0 fully saturated rings. The highest BCUT2D eigenvalue weighted by Crippen LogP contribution is 2.31. The van der Waals surface area contributed by atoms with Gasteiger partial charge in [0.15, 0.2) is 5.13 Å². The van der Waals surface area contributed by atoms with E-state index in [-0.39, 0.29) is 12.5 Å². The first kappa shape index (κ1) is 17.2. The molecule has 1 aromatic rings. The summed E-state index contributed by atoms with van der Waals surface area (Å²) in [7, 11) is 1.66. The topological polar surface area (TPSA) is 28.2 Å². The predicted molar refractivity (Wildman–Crippen MR) is 77.5 cm³/mol. The lowest BCUT2D eigenvalue weighted by Crippen LogP contribution is -2.23. The zero-order valence-electron chi connectivity index (χ0n) is 12.3. The van der Waals surface area contributed by atoms with Crippen molar-refractivity contribution in [2.75, 3.05) is 25.0 Å². The number of hydrogen-bond donors (Lipinski definition) is 1. The fourth-order valence-electron chi connectivity index (χ4n) is 1.72. The average molecular weight is 309 g/mol. The van der Waals surface area contributed by atoms with E-state index in [0.717, 1.165) is 23.7 Å². The van der Waals surface area contributed by atoms with Gasteiger partial charge in [0, 0.05) is 25.0 Å². The van der Waals surface area contributed by atoms with Crippen LogP contribution in [0.15, 0.2) is 0 Å². The lowest BCUT2D eigenvalue weighted by Gasteiger charge is -2.16. The molecule has 0 amide bonds. The standard InChI is InChI=1S/C13H22F3N3S/c1-5-17-8-10-11(9(2)3)18-12(20-10)19(4)7-6-13(14,15)16/h9,17H,5-8H2,1-4H3. The first-order valence-electron chi connectivity index (χ1n) is 6.72. The summed E-state index contributed by atoms with van der Waals surface area (Å²) >= 11 is 1.47. The largest absolute Gasteiger partial charge is 0.390 e. The number of hydrogen-bond acceptors (Lipinski definition) is 4. The van der Waals surface area contributed by atoms with E-state index >= 15 is 0 Å². The van der Waals surface area contributed by atoms with Gasteiger partial charge in [-0.1, -0.05) is 20.8 Å². The third-order valence-electron chi connectivity index (χ3n) is 2.86. The van der Waals surface area contributed by atoms with Crippen LogP contribution < -0.4 is 10.2 Å². The summed E-state index contributed by atoms with van der Waals surface area (Å²) in [6.07, 6.45) is -4.94. The summed E-state index contributed by atoms with van der Waals surface area (Å²) in [4.78, 5) is 7.19. The summed E-state index contributed by atoms with van der Waals surface area (Å²) in [5.41, 5.74) is 0.977. The molecule has 0 spiro atoms. The molecule has 0 aliphatic heterocycles. The van der Waals surface area contributed by atoms with E-state index in [0.29, 0.717) is 5.13 Å². The van der Waals surface area contributed by atoms with Gasteiger partial charge in [0.2, 0.25) is 0 Å². The van der Waals surface area contributed by atoms with Gasteiger partial charge in [0.05, 0.1) is 12.1 Å². The Kier molecular flexibility index (Phi) is 6.26. The molecule has 0 unspecified atom stereocenters. The van der Waals surface area contributed by atoms with Gasteiger partial charge in [-0.05, 0) is 12.5 Å². The molecular weight excluding hydrogens is 287 g/mol. The smallest absolute Gasteiger partial charge is 0.351 e. The van der Waals surface area contributed by atoms with Gasteiger partial charge in [-0.25, -0.2) is 4.98 Å². The predicted octanol–water partition coefficient (Wildman–Crippen LogP) is 3.76. The van der Waals surface area contributed by atoms with Crippen LogP contribution >= 0.6 is 11.3 Å². The molecular formula is C13H22F3N3S. The van der Waals surface area contributed by atoms with Crippen LogP contribution in [-0.4, -0.2) is 31.3 Å². The van der Waals surface area contributed by atoms with Crippen LogP contribution in [0.2, 0.25) is 0 Å². The van der Waals surface area contributed by atoms with Crippen molar-refractivity contribution >= 4 is 16.5 Å². The van der Waals surface area contributed by atoms with E-state index < -0.39 is 12.6 Å². The molecule has 3 nitrogen and oxygen atoms in total. The number of halogens is 3. The number of nitrogens with one attached hydrogen (secondary N) is 1. The number of anilines is 1. The van der Waals surface area contributed by atoms with E-state index in [1.807, 2.05) is 20.8 Å². The summed E-state index contributed by atoms with van der Waals surface area (Å²) in [6, 6.07) is 0. The molecule has 0 aromatic carbocycles. The summed E-state index contributed by atoms with van der Waals surface area (Å²) < 4.78 is 36.8. The van der Waals surface area contributed by atoms with Crippen LogP contribution in [0.3, 0.4) is 0 Å². The van der Waals surface area contributed by atoms with Crippen LogP contribution in [0.4, 0.5) is 18.3 Å². The van der Waals surface area contributed by atoms with Crippen molar-refractivity contribution in [2.24, 2.45) is 0 Å². The highest BCUT2D eigenvalue weighted by molar-refractivity contribution is 7.15. The Balaban J connectivity index is 2.79. The maximum Gasteiger partial charge on any atom is 0.390 e. The summed E-state index contributed by atoms with van der Waals surface area (Å²) in [5, 5.41) is 3.90. The minimum absolute atomic E-state index is 0.0603. The van der Waals surface area contributed by atoms with Crippen LogP contribution in [0.1, 0.15) is 43.7 Å². The van der Waals surface area contributed by atoms with Crippen molar-refractivity contribution in [3.05, 3.63) is 10.6 Å². The highest BCUT2D eigenvalue weighted by atomic mass is 32.1. The number of rotatable bonds is 7. The second-order valence-corrected chi connectivity index (χ2v) is 6.09. The van der Waals surface area contributed by atoms with Gasteiger partial charge >= 0.3 is 6.18 Å². The van der Waals surface area contributed by atoms with Gasteiger partial charge in [-0.2, -0.15) is 13.2 Å². The number of aromatic nitrogens is 1. The minimum Gasteiger partial charge on any atom is -0.351 e. The summed E-state index contributed by atoms with van der Waals surface area (Å²) in [6.45, 7) is 7.62. The fraction of sp³-hybridized carbons (Fsp3) is 0.769. The van der Waals surface area contributed by atoms with E-state index in [1.54, 1.807) is 11.9 Å². The molecule has 1 heterocycles. The van der Waals surface area contributed by atoms with Crippen LogP contribution in [0.5, 0.6) is 0 Å². The van der Waals surface area contributed by atoms with Crippen molar-refractivity contribution in [3.8, 4) is 0 Å². The van der Waals surface area contributed by atoms with Gasteiger partial charge in [0.1, 0.15) is 0 Å². The molecule has 1 rings (SSSR count). The molecule has 0 aliphatic rings. The molecule has 0 radical (unpaired) electrons. The lowest BCUT2D eigenvalue weighted by molar-refractivity contribution is -0.132. The molecule has 7 heteroatoms. The maximum absolute atomic E-state index is 12.3. The van der Waals surface area contributed by atoms with E-state index in [4.69, 9.17) is 0 Å². The van der Waals surface area contributed by atoms with Crippen molar-refractivity contribution in [2.45, 2.75) is 45.8 Å². The third-order valence-corrected chi connectivity index (χ3v) is 4.04. The first-order chi connectivity index (χ1) is 9.24. The second-order valence-electron chi connectivity index (χ2n) is 5.03. The Labute approximate surface area is 122 Å². The minimum atomic E-state index is -4.13. The summed E-state index contributed by atoms with van der Waals surface area (Å²) in [5.74, 6) is 0.268. The molecule has 1 N–H and O–H groups in total. The molecule has 0 saturated heterocycles. The SMILES string of the molecule is CCNCc1sc(N(C)CCC(F)(F)F)nc1C(C)C.